The van der Waals surface area contributed by atoms with Gasteiger partial charge >= 0.3 is 0 Å². The summed E-state index contributed by atoms with van der Waals surface area (Å²) in [6.07, 6.45) is 0.0753. The Morgan fingerprint density at radius 3 is 2.06 bits per heavy atom. The first-order chi connectivity index (χ1) is 15.4. The molecule has 0 bridgehead atoms. The number of carbonyl (C=O) groups is 2. The van der Waals surface area contributed by atoms with E-state index in [0.717, 1.165) is 9.21 Å². The predicted octanol–water partition coefficient (Wildman–Crippen LogP) is 1.46. The Labute approximate surface area is 193 Å². The van der Waals surface area contributed by atoms with Crippen molar-refractivity contribution in [1.29, 1.82) is 0 Å². The van der Waals surface area contributed by atoms with Gasteiger partial charge in [-0.3, -0.25) is 9.59 Å². The van der Waals surface area contributed by atoms with Crippen LogP contribution in [0, 0.1) is 0 Å². The van der Waals surface area contributed by atoms with Gasteiger partial charge in [-0.1, -0.05) is 6.92 Å². The molecule has 2 atom stereocenters. The van der Waals surface area contributed by atoms with Crippen LogP contribution in [0.3, 0.4) is 0 Å². The first-order valence-electron chi connectivity index (χ1n) is 10.1. The van der Waals surface area contributed by atoms with E-state index in [4.69, 9.17) is 9.88 Å². The molecular weight excluding hydrogens is 470 g/mol. The summed E-state index contributed by atoms with van der Waals surface area (Å²) in [6.45, 7) is 3.45. The van der Waals surface area contributed by atoms with E-state index in [-0.39, 0.29) is 21.9 Å². The van der Waals surface area contributed by atoms with Gasteiger partial charge in [-0.2, -0.15) is 4.31 Å². The highest BCUT2D eigenvalue weighted by Crippen LogP contribution is 2.32. The van der Waals surface area contributed by atoms with Gasteiger partial charge in [0.1, 0.15) is 11.8 Å². The van der Waals surface area contributed by atoms with Crippen LogP contribution in [-0.2, 0) is 29.6 Å². The molecule has 0 aliphatic carbocycles. The minimum absolute atomic E-state index is 0.0280. The lowest BCUT2D eigenvalue weighted by atomic mass is 10.2. The monoisotopic (exact) mass is 495 g/mol. The molecule has 1 fully saturated rings. The van der Waals surface area contributed by atoms with Gasteiger partial charge in [0.15, 0.2) is 0 Å². The molecule has 2 aromatic carbocycles. The number of hydrogen-bond donors (Lipinski definition) is 1. The summed E-state index contributed by atoms with van der Waals surface area (Å²) in [4.78, 5) is 26.7. The van der Waals surface area contributed by atoms with Crippen LogP contribution in [0.4, 0.5) is 5.69 Å². The summed E-state index contributed by atoms with van der Waals surface area (Å²) in [6, 6.07) is 8.89. The van der Waals surface area contributed by atoms with Crippen molar-refractivity contribution in [2.45, 2.75) is 48.6 Å². The van der Waals surface area contributed by atoms with Crippen LogP contribution in [0.5, 0.6) is 5.75 Å². The molecule has 33 heavy (non-hydrogen) atoms. The maximum atomic E-state index is 13.5. The second-order valence-corrected chi connectivity index (χ2v) is 11.0. The average molecular weight is 496 g/mol. The number of amides is 2. The van der Waals surface area contributed by atoms with Crippen molar-refractivity contribution in [3.63, 3.8) is 0 Å². The van der Waals surface area contributed by atoms with Crippen LogP contribution in [0.2, 0.25) is 0 Å². The number of ether oxygens (including phenoxy) is 1. The van der Waals surface area contributed by atoms with Crippen LogP contribution < -0.4 is 14.8 Å². The summed E-state index contributed by atoms with van der Waals surface area (Å²) in [7, 11) is -6.62. The molecule has 2 amide bonds. The highest BCUT2D eigenvalue weighted by atomic mass is 32.2. The largest absolute Gasteiger partial charge is 0.497 e. The number of benzene rings is 2. The normalized spacial score (nSPS) is 18.1. The number of sulfonamides is 2. The van der Waals surface area contributed by atoms with E-state index in [1.807, 2.05) is 0 Å². The summed E-state index contributed by atoms with van der Waals surface area (Å²) in [5, 5.41) is 5.09. The molecule has 0 aromatic heterocycles. The maximum absolute atomic E-state index is 13.5. The topological polar surface area (TPSA) is 144 Å². The maximum Gasteiger partial charge on any atom is 0.252 e. The first kappa shape index (κ1) is 24.8. The lowest BCUT2D eigenvalue weighted by Gasteiger charge is -2.31. The molecule has 1 heterocycles. The van der Waals surface area contributed by atoms with Gasteiger partial charge in [-0.25, -0.2) is 26.9 Å². The zero-order chi connectivity index (χ0) is 24.6. The highest BCUT2D eigenvalue weighted by molar-refractivity contribution is 7.89. The average Bonchev–Trinajstić information content (AvgIpc) is 3.06. The van der Waals surface area contributed by atoms with Crippen molar-refractivity contribution in [3.05, 3.63) is 48.5 Å². The molecule has 10 nitrogen and oxygen atoms in total. The number of anilines is 1. The SMILES string of the molecule is CCC(C)N(C1CC(=O)N(c2ccc(S(N)(=O)=O)cc2)C1=O)S(=O)(=O)c1ccc(OC)cc1. The fourth-order valence-electron chi connectivity index (χ4n) is 3.63. The minimum Gasteiger partial charge on any atom is -0.497 e. The van der Waals surface area contributed by atoms with Crippen LogP contribution in [-0.4, -0.2) is 52.1 Å². The number of imide groups is 1. The number of nitrogens with two attached hydrogens (primary N) is 1. The van der Waals surface area contributed by atoms with Crippen molar-refractivity contribution in [2.75, 3.05) is 12.0 Å². The quantitative estimate of drug-likeness (QED) is 0.546. The second-order valence-electron chi connectivity index (χ2n) is 7.59. The summed E-state index contributed by atoms with van der Waals surface area (Å²) in [5.41, 5.74) is 0.130. The molecule has 1 aliphatic heterocycles. The van der Waals surface area contributed by atoms with Crippen molar-refractivity contribution in [1.82, 2.24) is 4.31 Å². The number of carbonyl (C=O) groups excluding carboxylic acids is 2. The fraction of sp³-hybridized carbons (Fsp3) is 0.333. The van der Waals surface area contributed by atoms with E-state index in [1.54, 1.807) is 13.8 Å². The van der Waals surface area contributed by atoms with Crippen LogP contribution in [0.15, 0.2) is 58.3 Å². The second kappa shape index (κ2) is 9.21. The molecule has 178 valence electrons. The smallest absolute Gasteiger partial charge is 0.252 e. The molecule has 1 aliphatic rings. The number of methoxy groups -OCH3 is 1. The molecule has 2 unspecified atom stereocenters. The Morgan fingerprint density at radius 1 is 1.03 bits per heavy atom. The van der Waals surface area contributed by atoms with Crippen LogP contribution in [0.25, 0.3) is 0 Å². The third-order valence-electron chi connectivity index (χ3n) is 5.51. The van der Waals surface area contributed by atoms with Crippen molar-refractivity contribution in [3.8, 4) is 5.75 Å². The third kappa shape index (κ3) is 4.78. The van der Waals surface area contributed by atoms with E-state index in [1.165, 1.54) is 55.6 Å². The molecule has 12 heteroatoms. The number of primary sulfonamides is 1. The lowest BCUT2D eigenvalue weighted by Crippen LogP contribution is -2.49. The molecular formula is C21H25N3O7S2. The molecule has 3 rings (SSSR count). The van der Waals surface area contributed by atoms with Gasteiger partial charge in [0.2, 0.25) is 26.0 Å². The van der Waals surface area contributed by atoms with Crippen molar-refractivity contribution >= 4 is 37.5 Å². The highest BCUT2D eigenvalue weighted by Gasteiger charge is 2.48. The van der Waals surface area contributed by atoms with E-state index >= 15 is 0 Å². The predicted molar refractivity (Wildman–Crippen MR) is 120 cm³/mol. The Bertz CT molecular complexity index is 1260. The molecule has 1 saturated heterocycles. The summed E-state index contributed by atoms with van der Waals surface area (Å²) >= 11 is 0. The Hall–Kier alpha value is -2.80. The molecule has 2 aromatic rings. The van der Waals surface area contributed by atoms with Gasteiger partial charge < -0.3 is 4.74 Å². The van der Waals surface area contributed by atoms with E-state index in [2.05, 4.69) is 0 Å². The first-order valence-corrected chi connectivity index (χ1v) is 13.1. The minimum atomic E-state index is -4.13. The zero-order valence-electron chi connectivity index (χ0n) is 18.3. The van der Waals surface area contributed by atoms with Gasteiger partial charge in [0, 0.05) is 6.04 Å². The van der Waals surface area contributed by atoms with Crippen LogP contribution >= 0.6 is 0 Å². The molecule has 0 spiro atoms. The zero-order valence-corrected chi connectivity index (χ0v) is 20.0. The van der Waals surface area contributed by atoms with Crippen LogP contribution in [0.1, 0.15) is 26.7 Å². The van der Waals surface area contributed by atoms with Gasteiger partial charge in [-0.15, -0.1) is 0 Å². The lowest BCUT2D eigenvalue weighted by molar-refractivity contribution is -0.122. The number of rotatable bonds is 8. The Morgan fingerprint density at radius 2 is 1.58 bits per heavy atom. The molecule has 2 N–H and O–H groups in total. The van der Waals surface area contributed by atoms with E-state index in [9.17, 15) is 26.4 Å². The fourth-order valence-corrected chi connectivity index (χ4v) is 5.99. The van der Waals surface area contributed by atoms with Crippen molar-refractivity contribution < 1.29 is 31.2 Å². The molecule has 0 radical (unpaired) electrons. The summed E-state index contributed by atoms with van der Waals surface area (Å²) in [5.74, 6) is -0.822. The molecule has 0 saturated carbocycles. The number of hydrogen-bond acceptors (Lipinski definition) is 7. The Kier molecular flexibility index (Phi) is 6.93. The Balaban J connectivity index is 1.99. The van der Waals surface area contributed by atoms with Gasteiger partial charge in [0.25, 0.3) is 5.91 Å². The summed E-state index contributed by atoms with van der Waals surface area (Å²) < 4.78 is 56.1. The van der Waals surface area contributed by atoms with Gasteiger partial charge in [0.05, 0.1) is 29.0 Å². The third-order valence-corrected chi connectivity index (χ3v) is 8.48. The van der Waals surface area contributed by atoms with Gasteiger partial charge in [-0.05, 0) is 61.9 Å². The number of nitrogens with zero attached hydrogens (tertiary/aromatic N) is 2. The van der Waals surface area contributed by atoms with Crippen molar-refractivity contribution in [2.24, 2.45) is 5.14 Å². The van der Waals surface area contributed by atoms with E-state index < -0.39 is 43.9 Å². The standard InChI is InChI=1S/C21H25N3O7S2/c1-4-14(2)24(33(29,30)18-11-7-16(31-3)8-12-18)19-13-20(25)23(21(19)26)15-5-9-17(10-6-15)32(22,27)28/h5-12,14,19H,4,13H2,1-3H3,(H2,22,27,28). The van der Waals surface area contributed by atoms with E-state index in [0.29, 0.717) is 12.2 Å².